The lowest BCUT2D eigenvalue weighted by Crippen LogP contribution is -1.97. The Morgan fingerprint density at radius 3 is 2.59 bits per heavy atom. The highest BCUT2D eigenvalue weighted by Gasteiger charge is 2.13. The van der Waals surface area contributed by atoms with Crippen LogP contribution in [0.15, 0.2) is 40.9 Å². The first-order valence-electron chi connectivity index (χ1n) is 5.33. The third-order valence-electron chi connectivity index (χ3n) is 2.54. The molecule has 1 nitrogen and oxygen atoms in total. The molecule has 0 saturated heterocycles. The molecule has 2 rings (SSSR count). The zero-order valence-electron chi connectivity index (χ0n) is 9.07. The summed E-state index contributed by atoms with van der Waals surface area (Å²) in [4.78, 5) is 0.915. The molecule has 17 heavy (non-hydrogen) atoms. The van der Waals surface area contributed by atoms with Crippen LogP contribution in [0.1, 0.15) is 23.0 Å². The molecule has 1 unspecified atom stereocenters. The van der Waals surface area contributed by atoms with Gasteiger partial charge in [0.25, 0.3) is 0 Å². The van der Waals surface area contributed by atoms with Gasteiger partial charge in [-0.3, -0.25) is 0 Å². The summed E-state index contributed by atoms with van der Waals surface area (Å²) in [6.45, 7) is 0. The first kappa shape index (κ1) is 13.1. The maximum absolute atomic E-state index is 10.1. The molecule has 0 aliphatic heterocycles. The smallest absolute Gasteiger partial charge is 0.107 e. The highest BCUT2D eigenvalue weighted by Crippen LogP contribution is 2.36. The van der Waals surface area contributed by atoms with Crippen LogP contribution in [0, 0.1) is 0 Å². The molecule has 2 aromatic rings. The highest BCUT2D eigenvalue weighted by atomic mass is 79.9. The van der Waals surface area contributed by atoms with Gasteiger partial charge in [0.05, 0.1) is 6.10 Å². The van der Waals surface area contributed by atoms with Crippen LogP contribution in [0.2, 0.25) is 4.34 Å². The summed E-state index contributed by atoms with van der Waals surface area (Å²) in [7, 11) is 0. The van der Waals surface area contributed by atoms with Crippen LogP contribution in [-0.2, 0) is 6.42 Å². The van der Waals surface area contributed by atoms with E-state index in [-0.39, 0.29) is 0 Å². The molecule has 4 heteroatoms. The third kappa shape index (κ3) is 3.55. The van der Waals surface area contributed by atoms with Crippen molar-refractivity contribution >= 4 is 38.9 Å². The standard InChI is InChI=1S/C13H12BrClOS/c14-10-8-12(17-13(10)15)11(16)7-6-9-4-2-1-3-5-9/h1-5,8,11,16H,6-7H2. The van der Waals surface area contributed by atoms with Crippen molar-refractivity contribution in [1.29, 1.82) is 0 Å². The number of thiophene rings is 1. The van der Waals surface area contributed by atoms with Gasteiger partial charge < -0.3 is 5.11 Å². The Hall–Kier alpha value is -0.350. The number of aliphatic hydroxyl groups excluding tert-OH is 1. The lowest BCUT2D eigenvalue weighted by Gasteiger charge is -2.07. The molecular weight excluding hydrogens is 320 g/mol. The zero-order valence-corrected chi connectivity index (χ0v) is 12.2. The van der Waals surface area contributed by atoms with E-state index in [1.165, 1.54) is 16.9 Å². The van der Waals surface area contributed by atoms with Crippen LogP contribution in [0.3, 0.4) is 0 Å². The van der Waals surface area contributed by atoms with Gasteiger partial charge in [0.15, 0.2) is 0 Å². The minimum Gasteiger partial charge on any atom is -0.388 e. The number of rotatable bonds is 4. The van der Waals surface area contributed by atoms with Crippen molar-refractivity contribution in [2.24, 2.45) is 0 Å². The second kappa shape index (κ2) is 6.01. The van der Waals surface area contributed by atoms with Gasteiger partial charge in [0.2, 0.25) is 0 Å². The summed E-state index contributed by atoms with van der Waals surface area (Å²) < 4.78 is 1.55. The fourth-order valence-electron chi connectivity index (χ4n) is 1.62. The number of hydrogen-bond donors (Lipinski definition) is 1. The maximum Gasteiger partial charge on any atom is 0.107 e. The maximum atomic E-state index is 10.1. The van der Waals surface area contributed by atoms with Crippen LogP contribution < -0.4 is 0 Å². The molecule has 1 aromatic carbocycles. The van der Waals surface area contributed by atoms with E-state index < -0.39 is 6.10 Å². The van der Waals surface area contributed by atoms with Crippen molar-refractivity contribution in [3.8, 4) is 0 Å². The van der Waals surface area contributed by atoms with Crippen LogP contribution in [0.4, 0.5) is 0 Å². The Bertz CT molecular complexity index is 464. The number of aliphatic hydroxyl groups is 1. The van der Waals surface area contributed by atoms with E-state index >= 15 is 0 Å². The summed E-state index contributed by atoms with van der Waals surface area (Å²) in [5, 5.41) is 10.1. The second-order valence-electron chi connectivity index (χ2n) is 3.81. The van der Waals surface area contributed by atoms with Crippen molar-refractivity contribution in [2.45, 2.75) is 18.9 Å². The average molecular weight is 332 g/mol. The van der Waals surface area contributed by atoms with Gasteiger partial charge in [-0.2, -0.15) is 0 Å². The predicted octanol–water partition coefficient (Wildman–Crippen LogP) is 4.83. The van der Waals surface area contributed by atoms with Crippen LogP contribution in [0.25, 0.3) is 0 Å². The van der Waals surface area contributed by atoms with Crippen molar-refractivity contribution in [3.63, 3.8) is 0 Å². The van der Waals surface area contributed by atoms with E-state index in [9.17, 15) is 5.11 Å². The fraction of sp³-hybridized carbons (Fsp3) is 0.231. The van der Waals surface area contributed by atoms with Crippen LogP contribution >= 0.6 is 38.9 Å². The van der Waals surface area contributed by atoms with E-state index in [1.54, 1.807) is 0 Å². The Morgan fingerprint density at radius 2 is 2.00 bits per heavy atom. The quantitative estimate of drug-likeness (QED) is 0.850. The number of hydrogen-bond acceptors (Lipinski definition) is 2. The van der Waals surface area contributed by atoms with Crippen molar-refractivity contribution in [1.82, 2.24) is 0 Å². The minimum absolute atomic E-state index is 0.441. The first-order chi connectivity index (χ1) is 8.16. The van der Waals surface area contributed by atoms with E-state index in [4.69, 9.17) is 11.6 Å². The van der Waals surface area contributed by atoms with Gasteiger partial charge in [0.1, 0.15) is 4.34 Å². The molecule has 0 aliphatic rings. The molecular formula is C13H12BrClOS. The van der Waals surface area contributed by atoms with Gasteiger partial charge in [0, 0.05) is 9.35 Å². The van der Waals surface area contributed by atoms with Gasteiger partial charge in [-0.25, -0.2) is 0 Å². The minimum atomic E-state index is -0.441. The lowest BCUT2D eigenvalue weighted by atomic mass is 10.1. The van der Waals surface area contributed by atoms with Crippen molar-refractivity contribution in [2.75, 3.05) is 0 Å². The Morgan fingerprint density at radius 1 is 1.29 bits per heavy atom. The molecule has 1 atom stereocenters. The van der Waals surface area contributed by atoms with E-state index in [2.05, 4.69) is 28.1 Å². The Balaban J connectivity index is 1.96. The Labute approximate surface area is 118 Å². The van der Waals surface area contributed by atoms with Crippen LogP contribution in [-0.4, -0.2) is 5.11 Å². The molecule has 0 spiro atoms. The van der Waals surface area contributed by atoms with Gasteiger partial charge >= 0.3 is 0 Å². The normalized spacial score (nSPS) is 12.6. The van der Waals surface area contributed by atoms with Gasteiger partial charge in [-0.1, -0.05) is 41.9 Å². The molecule has 1 N–H and O–H groups in total. The largest absolute Gasteiger partial charge is 0.388 e. The van der Waals surface area contributed by atoms with Crippen LogP contribution in [0.5, 0.6) is 0 Å². The number of benzene rings is 1. The molecule has 0 bridgehead atoms. The topological polar surface area (TPSA) is 20.2 Å². The first-order valence-corrected chi connectivity index (χ1v) is 7.32. The summed E-state index contributed by atoms with van der Waals surface area (Å²) >= 11 is 10.7. The van der Waals surface area contributed by atoms with E-state index in [1.807, 2.05) is 24.3 Å². The molecule has 0 radical (unpaired) electrons. The SMILES string of the molecule is OC(CCc1ccccc1)c1cc(Br)c(Cl)s1. The summed E-state index contributed by atoms with van der Waals surface area (Å²) in [6.07, 6.45) is 1.15. The van der Waals surface area contributed by atoms with E-state index in [0.29, 0.717) is 10.8 Å². The molecule has 1 heterocycles. The average Bonchev–Trinajstić information content (AvgIpc) is 2.68. The highest BCUT2D eigenvalue weighted by molar-refractivity contribution is 9.10. The molecule has 0 amide bonds. The summed E-state index contributed by atoms with van der Waals surface area (Å²) in [5.74, 6) is 0. The molecule has 1 aromatic heterocycles. The van der Waals surface area contributed by atoms with Crippen molar-refractivity contribution in [3.05, 3.63) is 55.6 Å². The molecule has 90 valence electrons. The predicted molar refractivity (Wildman–Crippen MR) is 76.8 cm³/mol. The summed E-state index contributed by atoms with van der Waals surface area (Å²) in [6, 6.07) is 12.1. The number of halogens is 2. The fourth-order valence-corrected chi connectivity index (χ4v) is 3.37. The van der Waals surface area contributed by atoms with Crippen molar-refractivity contribution < 1.29 is 5.11 Å². The Kier molecular flexibility index (Phi) is 4.62. The second-order valence-corrected chi connectivity index (χ2v) is 6.35. The van der Waals surface area contributed by atoms with Gasteiger partial charge in [-0.15, -0.1) is 11.3 Å². The van der Waals surface area contributed by atoms with E-state index in [0.717, 1.165) is 15.8 Å². The number of aryl methyl sites for hydroxylation is 1. The molecule has 0 fully saturated rings. The molecule has 0 aliphatic carbocycles. The molecule has 0 saturated carbocycles. The lowest BCUT2D eigenvalue weighted by molar-refractivity contribution is 0.171. The van der Waals surface area contributed by atoms with Gasteiger partial charge in [-0.05, 0) is 40.4 Å². The zero-order chi connectivity index (χ0) is 12.3. The third-order valence-corrected chi connectivity index (χ3v) is 5.12. The monoisotopic (exact) mass is 330 g/mol. The summed E-state index contributed by atoms with van der Waals surface area (Å²) in [5.41, 5.74) is 1.24.